The molecule has 0 amide bonds. The lowest BCUT2D eigenvalue weighted by atomic mass is 10.1. The molecule has 8 heteroatoms. The molecule has 0 heterocycles. The van der Waals surface area contributed by atoms with Gasteiger partial charge in [-0.1, -0.05) is 6.07 Å². The molecule has 0 radical (unpaired) electrons. The maximum Gasteiger partial charge on any atom is 0.419 e. The quantitative estimate of drug-likeness (QED) is 0.589. The van der Waals surface area contributed by atoms with Gasteiger partial charge in [0.1, 0.15) is 12.2 Å². The maximum absolute atomic E-state index is 13.0. The van der Waals surface area contributed by atoms with Gasteiger partial charge < -0.3 is 0 Å². The third kappa shape index (κ3) is 3.71. The summed E-state index contributed by atoms with van der Waals surface area (Å²) in [7, 11) is 0. The Kier molecular flexibility index (Phi) is 3.68. The van der Waals surface area contributed by atoms with Crippen LogP contribution in [0.2, 0.25) is 0 Å². The Bertz CT molecular complexity index is 458. The van der Waals surface area contributed by atoms with E-state index in [0.717, 1.165) is 0 Å². The molecule has 0 aromatic heterocycles. The molecule has 0 unspecified atom stereocenters. The van der Waals surface area contributed by atoms with E-state index in [4.69, 9.17) is 0 Å². The predicted molar refractivity (Wildman–Crippen MR) is 46.4 cm³/mol. The minimum atomic E-state index is -4.96. The number of hydrogen-bond acceptors (Lipinski definition) is 1. The highest BCUT2D eigenvalue weighted by molar-refractivity contribution is 5.96. The zero-order chi connectivity index (χ0) is 14.1. The van der Waals surface area contributed by atoms with Gasteiger partial charge in [0, 0.05) is 5.56 Å². The van der Waals surface area contributed by atoms with Crippen molar-refractivity contribution >= 4 is 5.78 Å². The van der Waals surface area contributed by atoms with Gasteiger partial charge in [0.15, 0.2) is 5.78 Å². The third-order valence-corrected chi connectivity index (χ3v) is 1.96. The fraction of sp³-hybridized carbons (Fsp3) is 0.300. The van der Waals surface area contributed by atoms with Gasteiger partial charge in [-0.05, 0) is 12.1 Å². The number of ketones is 1. The molecule has 18 heavy (non-hydrogen) atoms. The average Bonchev–Trinajstić information content (AvgIpc) is 2.12. The Morgan fingerprint density at radius 3 is 2.00 bits per heavy atom. The van der Waals surface area contributed by atoms with Crippen molar-refractivity contribution in [1.82, 2.24) is 0 Å². The smallest absolute Gasteiger partial charge is 0.294 e. The number of Topliss-reactive ketones (excluding diaryl/α,β-unsaturated/α-hetero) is 1. The van der Waals surface area contributed by atoms with Gasteiger partial charge >= 0.3 is 12.4 Å². The van der Waals surface area contributed by atoms with E-state index in [-0.39, 0.29) is 12.1 Å². The molecule has 1 aromatic rings. The molecule has 100 valence electrons. The summed E-state index contributed by atoms with van der Waals surface area (Å²) in [6, 6.07) is 0.899. The van der Waals surface area contributed by atoms with E-state index in [9.17, 15) is 35.5 Å². The van der Waals surface area contributed by atoms with Gasteiger partial charge in [-0.2, -0.15) is 26.3 Å². The van der Waals surface area contributed by atoms with Crippen LogP contribution in [0.4, 0.5) is 30.7 Å². The highest BCUT2D eigenvalue weighted by Crippen LogP contribution is 2.32. The number of carbonyl (C=O) groups is 1. The predicted octanol–water partition coefficient (Wildman–Crippen LogP) is 3.98. The Hall–Kier alpha value is -1.60. The minimum Gasteiger partial charge on any atom is -0.294 e. The summed E-state index contributed by atoms with van der Waals surface area (Å²) in [5.41, 5.74) is -2.39. The average molecular weight is 274 g/mol. The summed E-state index contributed by atoms with van der Waals surface area (Å²) in [5.74, 6) is -3.27. The van der Waals surface area contributed by atoms with Crippen molar-refractivity contribution in [3.8, 4) is 0 Å². The normalized spacial score (nSPS) is 12.6. The summed E-state index contributed by atoms with van der Waals surface area (Å²) >= 11 is 0. The summed E-state index contributed by atoms with van der Waals surface area (Å²) in [6.07, 6.45) is -11.6. The largest absolute Gasteiger partial charge is 0.419 e. The lowest BCUT2D eigenvalue weighted by molar-refractivity contribution is -0.140. The van der Waals surface area contributed by atoms with E-state index < -0.39 is 41.5 Å². The molecule has 0 fully saturated rings. The van der Waals surface area contributed by atoms with Gasteiger partial charge in [0.05, 0.1) is 5.56 Å². The van der Waals surface area contributed by atoms with Crippen molar-refractivity contribution in [2.24, 2.45) is 0 Å². The molecule has 1 aromatic carbocycles. The SMILES string of the molecule is O=C(CC(F)(F)F)c1ccc(C(F)(F)F)c(F)c1. The lowest BCUT2D eigenvalue weighted by Gasteiger charge is -2.09. The van der Waals surface area contributed by atoms with Crippen LogP contribution in [-0.2, 0) is 6.18 Å². The summed E-state index contributed by atoms with van der Waals surface area (Å²) < 4.78 is 85.0. The van der Waals surface area contributed by atoms with E-state index >= 15 is 0 Å². The Morgan fingerprint density at radius 1 is 1.06 bits per heavy atom. The van der Waals surface area contributed by atoms with Crippen LogP contribution < -0.4 is 0 Å². The van der Waals surface area contributed by atoms with Crippen LogP contribution >= 0.6 is 0 Å². The second-order valence-corrected chi connectivity index (χ2v) is 3.41. The van der Waals surface area contributed by atoms with Crippen molar-refractivity contribution in [2.45, 2.75) is 18.8 Å². The number of halogens is 7. The van der Waals surface area contributed by atoms with Gasteiger partial charge in [-0.3, -0.25) is 4.79 Å². The first-order valence-corrected chi connectivity index (χ1v) is 4.47. The first-order chi connectivity index (χ1) is 8.00. The van der Waals surface area contributed by atoms with Gasteiger partial charge in [-0.25, -0.2) is 4.39 Å². The molecule has 1 nitrogen and oxygen atoms in total. The number of benzene rings is 1. The molecule has 0 saturated carbocycles. The standard InChI is InChI=1S/C10H5F7O/c11-7-3-5(8(18)4-9(12,13)14)1-2-6(7)10(15,16)17/h1-3H,4H2. The van der Waals surface area contributed by atoms with Crippen LogP contribution in [0.25, 0.3) is 0 Å². The summed E-state index contributed by atoms with van der Waals surface area (Å²) in [6.45, 7) is 0. The highest BCUT2D eigenvalue weighted by atomic mass is 19.4. The molecule has 0 aliphatic heterocycles. The van der Waals surface area contributed by atoms with Gasteiger partial charge in [0.2, 0.25) is 0 Å². The monoisotopic (exact) mass is 274 g/mol. The van der Waals surface area contributed by atoms with Crippen LogP contribution in [0.15, 0.2) is 18.2 Å². The highest BCUT2D eigenvalue weighted by Gasteiger charge is 2.35. The van der Waals surface area contributed by atoms with Crippen LogP contribution in [0.5, 0.6) is 0 Å². The van der Waals surface area contributed by atoms with E-state index in [1.165, 1.54) is 0 Å². The molecule has 1 rings (SSSR count). The van der Waals surface area contributed by atoms with E-state index in [2.05, 4.69) is 0 Å². The van der Waals surface area contributed by atoms with Crippen molar-refractivity contribution in [1.29, 1.82) is 0 Å². The lowest BCUT2D eigenvalue weighted by Crippen LogP contribution is -2.16. The second kappa shape index (κ2) is 4.58. The van der Waals surface area contributed by atoms with Crippen molar-refractivity contribution in [3.05, 3.63) is 35.1 Å². The zero-order valence-electron chi connectivity index (χ0n) is 8.49. The van der Waals surface area contributed by atoms with E-state index in [1.807, 2.05) is 0 Å². The molecular weight excluding hydrogens is 269 g/mol. The second-order valence-electron chi connectivity index (χ2n) is 3.41. The molecule has 0 bridgehead atoms. The number of hydrogen-bond donors (Lipinski definition) is 0. The van der Waals surface area contributed by atoms with Crippen molar-refractivity contribution in [2.75, 3.05) is 0 Å². The first kappa shape index (κ1) is 14.5. The van der Waals surface area contributed by atoms with Crippen LogP contribution in [-0.4, -0.2) is 12.0 Å². The number of rotatable bonds is 2. The molecule has 0 aliphatic carbocycles. The number of alkyl halides is 6. The Morgan fingerprint density at radius 2 is 1.61 bits per heavy atom. The van der Waals surface area contributed by atoms with E-state index in [1.54, 1.807) is 0 Å². The third-order valence-electron chi connectivity index (χ3n) is 1.96. The van der Waals surface area contributed by atoms with Gasteiger partial charge in [-0.15, -0.1) is 0 Å². The first-order valence-electron chi connectivity index (χ1n) is 4.47. The van der Waals surface area contributed by atoms with Crippen molar-refractivity contribution in [3.63, 3.8) is 0 Å². The topological polar surface area (TPSA) is 17.1 Å². The Labute approximate surface area is 96.2 Å². The molecule has 0 N–H and O–H groups in total. The van der Waals surface area contributed by atoms with Gasteiger partial charge in [0.25, 0.3) is 0 Å². The molecule has 0 aliphatic rings. The molecule has 0 atom stereocenters. The van der Waals surface area contributed by atoms with Crippen LogP contribution in [0, 0.1) is 5.82 Å². The van der Waals surface area contributed by atoms with Crippen LogP contribution in [0.1, 0.15) is 22.3 Å². The summed E-state index contributed by atoms with van der Waals surface area (Å²) in [4.78, 5) is 11.0. The number of carbonyl (C=O) groups excluding carboxylic acids is 1. The molecule has 0 saturated heterocycles. The zero-order valence-corrected chi connectivity index (χ0v) is 8.49. The molecular formula is C10H5F7O. The van der Waals surface area contributed by atoms with Crippen LogP contribution in [0.3, 0.4) is 0 Å². The van der Waals surface area contributed by atoms with E-state index in [0.29, 0.717) is 6.07 Å². The Balaban J connectivity index is 3.02. The fourth-order valence-corrected chi connectivity index (χ4v) is 1.20. The minimum absolute atomic E-state index is 0.150. The van der Waals surface area contributed by atoms with Crippen molar-refractivity contribution < 1.29 is 35.5 Å². The molecule has 0 spiro atoms. The maximum atomic E-state index is 13.0. The fourth-order valence-electron chi connectivity index (χ4n) is 1.20. The summed E-state index contributed by atoms with van der Waals surface area (Å²) in [5, 5.41) is 0.